The van der Waals surface area contributed by atoms with Crippen molar-refractivity contribution in [2.75, 3.05) is 0 Å². The van der Waals surface area contributed by atoms with E-state index < -0.39 is 0 Å². The molecule has 0 aromatic carbocycles. The van der Waals surface area contributed by atoms with Crippen molar-refractivity contribution >= 4 is 0 Å². The van der Waals surface area contributed by atoms with Gasteiger partial charge in [0.25, 0.3) is 0 Å². The lowest BCUT2D eigenvalue weighted by Gasteiger charge is -2.29. The molecule has 0 amide bonds. The van der Waals surface area contributed by atoms with Crippen LogP contribution in [0, 0.1) is 0 Å². The minimum Gasteiger partial charge on any atom is -0.314 e. The van der Waals surface area contributed by atoms with Crippen LogP contribution in [-0.2, 0) is 0 Å². The Hall–Kier alpha value is -0.500. The zero-order chi connectivity index (χ0) is 6.78. The first-order valence-corrected chi connectivity index (χ1v) is 2.65. The van der Waals surface area contributed by atoms with Crippen molar-refractivity contribution in [2.45, 2.75) is 26.3 Å². The summed E-state index contributed by atoms with van der Waals surface area (Å²) < 4.78 is 0. The first-order chi connectivity index (χ1) is 3.48. The van der Waals surface area contributed by atoms with Crippen molar-refractivity contribution in [1.29, 1.82) is 0 Å². The molecule has 0 aromatic heterocycles. The minimum atomic E-state index is 0.00174. The highest BCUT2D eigenvalue weighted by atomic mass is 15.4. The van der Waals surface area contributed by atoms with E-state index in [-0.39, 0.29) is 5.54 Å². The third kappa shape index (κ3) is 1.98. The van der Waals surface area contributed by atoms with Gasteiger partial charge in [-0.1, -0.05) is 6.58 Å². The van der Waals surface area contributed by atoms with Crippen molar-refractivity contribution in [2.24, 2.45) is 5.84 Å². The molecule has 0 rings (SSSR count). The van der Waals surface area contributed by atoms with E-state index in [1.807, 2.05) is 20.8 Å². The summed E-state index contributed by atoms with van der Waals surface area (Å²) in [4.78, 5) is 0. The van der Waals surface area contributed by atoms with Gasteiger partial charge in [-0.3, -0.25) is 0 Å². The first kappa shape index (κ1) is 7.50. The van der Waals surface area contributed by atoms with Crippen molar-refractivity contribution in [1.82, 2.24) is 5.01 Å². The molecule has 0 unspecified atom stereocenters. The van der Waals surface area contributed by atoms with Gasteiger partial charge in [0.1, 0.15) is 0 Å². The number of hydrogen-bond donors (Lipinski definition) is 1. The molecule has 0 aliphatic rings. The Labute approximate surface area is 50.9 Å². The molecule has 2 nitrogen and oxygen atoms in total. The second kappa shape index (κ2) is 2.18. The molecule has 0 heterocycles. The van der Waals surface area contributed by atoms with Crippen LogP contribution < -0.4 is 5.84 Å². The van der Waals surface area contributed by atoms with Crippen molar-refractivity contribution in [3.05, 3.63) is 12.8 Å². The van der Waals surface area contributed by atoms with Crippen molar-refractivity contribution < 1.29 is 0 Å². The number of hydrazine groups is 1. The van der Waals surface area contributed by atoms with Crippen LogP contribution in [-0.4, -0.2) is 10.5 Å². The molecule has 0 aliphatic carbocycles. The van der Waals surface area contributed by atoms with Gasteiger partial charge in [-0.25, -0.2) is 5.84 Å². The molecule has 0 aliphatic heterocycles. The van der Waals surface area contributed by atoms with Gasteiger partial charge in [0.05, 0.1) is 0 Å². The highest BCUT2D eigenvalue weighted by Crippen LogP contribution is 2.06. The van der Waals surface area contributed by atoms with Crippen LogP contribution in [0.15, 0.2) is 12.8 Å². The van der Waals surface area contributed by atoms with Crippen molar-refractivity contribution in [3.63, 3.8) is 0 Å². The molecular weight excluding hydrogens is 100 g/mol. The normalized spacial score (nSPS) is 11.0. The van der Waals surface area contributed by atoms with E-state index in [2.05, 4.69) is 6.58 Å². The van der Waals surface area contributed by atoms with E-state index in [4.69, 9.17) is 5.84 Å². The van der Waals surface area contributed by atoms with Crippen LogP contribution in [0.25, 0.3) is 0 Å². The predicted octanol–water partition coefficient (Wildman–Crippen LogP) is 1.10. The summed E-state index contributed by atoms with van der Waals surface area (Å²) in [7, 11) is 0. The lowest BCUT2D eigenvalue weighted by molar-refractivity contribution is 0.211. The van der Waals surface area contributed by atoms with E-state index in [9.17, 15) is 0 Å². The molecule has 2 heteroatoms. The zero-order valence-corrected chi connectivity index (χ0v) is 5.81. The predicted molar refractivity (Wildman–Crippen MR) is 36.0 cm³/mol. The third-order valence-electron chi connectivity index (χ3n) is 0.971. The van der Waals surface area contributed by atoms with Gasteiger partial charge in [-0.05, 0) is 20.8 Å². The average Bonchev–Trinajstić information content (AvgIpc) is 1.62. The summed E-state index contributed by atoms with van der Waals surface area (Å²) >= 11 is 0. The molecule has 0 spiro atoms. The Morgan fingerprint density at radius 3 is 1.88 bits per heavy atom. The summed E-state index contributed by atoms with van der Waals surface area (Å²) in [5.41, 5.74) is 0.00174. The van der Waals surface area contributed by atoms with E-state index in [0.29, 0.717) is 0 Å². The molecule has 0 fully saturated rings. The van der Waals surface area contributed by atoms with Crippen LogP contribution in [0.5, 0.6) is 0 Å². The quantitative estimate of drug-likeness (QED) is 0.408. The standard InChI is InChI=1S/C6H14N2/c1-5-8(7)6(2,3)4/h5H,1,7H2,2-4H3. The molecule has 8 heavy (non-hydrogen) atoms. The number of rotatable bonds is 1. The number of nitrogens with zero attached hydrogens (tertiary/aromatic N) is 1. The summed E-state index contributed by atoms with van der Waals surface area (Å²) in [6.45, 7) is 9.60. The minimum absolute atomic E-state index is 0.00174. The van der Waals surface area contributed by atoms with Gasteiger partial charge in [-0.2, -0.15) is 0 Å². The Morgan fingerprint density at radius 1 is 1.50 bits per heavy atom. The lowest BCUT2D eigenvalue weighted by Crippen LogP contribution is -2.42. The first-order valence-electron chi connectivity index (χ1n) is 2.65. The van der Waals surface area contributed by atoms with Gasteiger partial charge in [0.15, 0.2) is 0 Å². The van der Waals surface area contributed by atoms with E-state index in [1.165, 1.54) is 0 Å². The van der Waals surface area contributed by atoms with Gasteiger partial charge in [0, 0.05) is 11.7 Å². The molecule has 2 N–H and O–H groups in total. The molecular formula is C6H14N2. The fourth-order valence-corrected chi connectivity index (χ4v) is 0.274. The maximum absolute atomic E-state index is 5.47. The molecule has 0 radical (unpaired) electrons. The Balaban J connectivity index is 3.80. The summed E-state index contributed by atoms with van der Waals surface area (Å²) in [6, 6.07) is 0. The molecule has 0 bridgehead atoms. The summed E-state index contributed by atoms with van der Waals surface area (Å²) in [5, 5.41) is 1.58. The van der Waals surface area contributed by atoms with Gasteiger partial charge >= 0.3 is 0 Å². The van der Waals surface area contributed by atoms with Crippen LogP contribution in [0.4, 0.5) is 0 Å². The van der Waals surface area contributed by atoms with E-state index >= 15 is 0 Å². The maximum Gasteiger partial charge on any atom is 0.0470 e. The topological polar surface area (TPSA) is 29.3 Å². The Morgan fingerprint density at radius 2 is 1.88 bits per heavy atom. The van der Waals surface area contributed by atoms with Crippen LogP contribution in [0.3, 0.4) is 0 Å². The average molecular weight is 114 g/mol. The van der Waals surface area contributed by atoms with Crippen molar-refractivity contribution in [3.8, 4) is 0 Å². The lowest BCUT2D eigenvalue weighted by atomic mass is 10.1. The number of nitrogens with two attached hydrogens (primary N) is 1. The van der Waals surface area contributed by atoms with Gasteiger partial charge in [-0.15, -0.1) is 0 Å². The third-order valence-corrected chi connectivity index (χ3v) is 0.971. The SMILES string of the molecule is C=CN(N)C(C)(C)C. The van der Waals surface area contributed by atoms with E-state index in [1.54, 1.807) is 11.2 Å². The van der Waals surface area contributed by atoms with Gasteiger partial charge in [0.2, 0.25) is 0 Å². The summed E-state index contributed by atoms with van der Waals surface area (Å²) in [6.07, 6.45) is 1.61. The smallest absolute Gasteiger partial charge is 0.0470 e. The Kier molecular flexibility index (Phi) is 2.04. The fraction of sp³-hybridized carbons (Fsp3) is 0.667. The second-order valence-electron chi connectivity index (χ2n) is 2.76. The van der Waals surface area contributed by atoms with E-state index in [0.717, 1.165) is 0 Å². The highest BCUT2D eigenvalue weighted by Gasteiger charge is 2.12. The fourth-order valence-electron chi connectivity index (χ4n) is 0.274. The van der Waals surface area contributed by atoms with Gasteiger partial charge < -0.3 is 5.01 Å². The summed E-state index contributed by atoms with van der Waals surface area (Å²) in [5.74, 6) is 5.47. The second-order valence-corrected chi connectivity index (χ2v) is 2.76. The molecule has 0 saturated carbocycles. The zero-order valence-electron chi connectivity index (χ0n) is 5.81. The molecule has 48 valence electrons. The largest absolute Gasteiger partial charge is 0.314 e. The number of hydrogen-bond acceptors (Lipinski definition) is 2. The Bertz CT molecular complexity index is 81.0. The van der Waals surface area contributed by atoms with Crippen LogP contribution >= 0.6 is 0 Å². The van der Waals surface area contributed by atoms with Crippen LogP contribution in [0.2, 0.25) is 0 Å². The molecule has 0 aromatic rings. The molecule has 0 atom stereocenters. The highest BCUT2D eigenvalue weighted by molar-refractivity contribution is 4.78. The molecule has 0 saturated heterocycles. The maximum atomic E-state index is 5.47. The van der Waals surface area contributed by atoms with Crippen LogP contribution in [0.1, 0.15) is 20.8 Å². The monoisotopic (exact) mass is 114 g/mol.